The molecular weight excluding hydrogens is 366 g/mol. The lowest BCUT2D eigenvalue weighted by Crippen LogP contribution is -2.57. The number of hydrogen-bond donors (Lipinski definition) is 2. The fraction of sp³-hybridized carbons (Fsp3) is 0.417. The van der Waals surface area contributed by atoms with Crippen molar-refractivity contribution < 1.29 is 19.8 Å². The number of amides is 1. The van der Waals surface area contributed by atoms with Crippen molar-refractivity contribution in [2.45, 2.75) is 39.2 Å². The molecule has 0 aliphatic carbocycles. The van der Waals surface area contributed by atoms with Crippen molar-refractivity contribution in [1.29, 1.82) is 0 Å². The zero-order valence-corrected chi connectivity index (χ0v) is 17.0. The van der Waals surface area contributed by atoms with E-state index in [1.807, 2.05) is 54.6 Å². The highest BCUT2D eigenvalue weighted by Crippen LogP contribution is 2.36. The second-order valence-electron chi connectivity index (χ2n) is 8.44. The van der Waals surface area contributed by atoms with E-state index in [0.717, 1.165) is 12.0 Å². The van der Waals surface area contributed by atoms with Gasteiger partial charge in [0.2, 0.25) is 0 Å². The maximum atomic E-state index is 12.9. The van der Waals surface area contributed by atoms with Crippen LogP contribution in [-0.4, -0.2) is 46.2 Å². The maximum absolute atomic E-state index is 12.9. The fourth-order valence-corrected chi connectivity index (χ4v) is 4.09. The van der Waals surface area contributed by atoms with E-state index >= 15 is 0 Å². The van der Waals surface area contributed by atoms with E-state index in [0.29, 0.717) is 18.0 Å². The van der Waals surface area contributed by atoms with Crippen molar-refractivity contribution in [1.82, 2.24) is 4.90 Å². The number of hydrogen-bond acceptors (Lipinski definition) is 3. The predicted molar refractivity (Wildman–Crippen MR) is 112 cm³/mol. The minimum atomic E-state index is -1.28. The molecule has 154 valence electrons. The molecule has 2 atom stereocenters. The molecule has 2 aromatic rings. The first-order chi connectivity index (χ1) is 13.8. The SMILES string of the molecule is CC(C)Cc1ccc(C(=O)N2CC[C@](Cc3ccccc3)(C(=O)O)[C@H](O)C2)cc1. The Morgan fingerprint density at radius 2 is 1.72 bits per heavy atom. The number of rotatable bonds is 6. The third kappa shape index (κ3) is 4.67. The molecule has 1 heterocycles. The molecule has 5 nitrogen and oxygen atoms in total. The molecule has 1 saturated heterocycles. The third-order valence-electron chi connectivity index (χ3n) is 5.78. The summed E-state index contributed by atoms with van der Waals surface area (Å²) < 4.78 is 0. The van der Waals surface area contributed by atoms with Crippen molar-refractivity contribution in [3.63, 3.8) is 0 Å². The van der Waals surface area contributed by atoms with Gasteiger partial charge in [-0.3, -0.25) is 9.59 Å². The summed E-state index contributed by atoms with van der Waals surface area (Å²) in [4.78, 5) is 26.5. The van der Waals surface area contributed by atoms with Crippen LogP contribution in [0.3, 0.4) is 0 Å². The highest BCUT2D eigenvalue weighted by Gasteiger charge is 2.49. The molecule has 5 heteroatoms. The Bertz CT molecular complexity index is 847. The zero-order chi connectivity index (χ0) is 21.0. The van der Waals surface area contributed by atoms with Crippen LogP contribution in [0.1, 0.15) is 41.8 Å². The topological polar surface area (TPSA) is 77.8 Å². The number of nitrogens with zero attached hydrogens (tertiary/aromatic N) is 1. The normalized spacial score (nSPS) is 21.9. The molecule has 2 N–H and O–H groups in total. The molecule has 3 rings (SSSR count). The van der Waals surface area contributed by atoms with Crippen LogP contribution in [-0.2, 0) is 17.6 Å². The average Bonchev–Trinajstić information content (AvgIpc) is 2.70. The average molecular weight is 395 g/mol. The Hall–Kier alpha value is -2.66. The van der Waals surface area contributed by atoms with E-state index in [2.05, 4.69) is 13.8 Å². The third-order valence-corrected chi connectivity index (χ3v) is 5.78. The fourth-order valence-electron chi connectivity index (χ4n) is 4.09. The first-order valence-corrected chi connectivity index (χ1v) is 10.2. The molecule has 0 radical (unpaired) electrons. The number of aliphatic hydroxyl groups is 1. The van der Waals surface area contributed by atoms with Gasteiger partial charge in [-0.2, -0.15) is 0 Å². The molecule has 29 heavy (non-hydrogen) atoms. The van der Waals surface area contributed by atoms with Gasteiger partial charge in [-0.15, -0.1) is 0 Å². The summed E-state index contributed by atoms with van der Waals surface area (Å²) in [6, 6.07) is 16.9. The number of carboxylic acids is 1. The van der Waals surface area contributed by atoms with E-state index in [9.17, 15) is 19.8 Å². The van der Waals surface area contributed by atoms with Gasteiger partial charge < -0.3 is 15.1 Å². The number of carboxylic acid groups (broad SMARTS) is 1. The Kier molecular flexibility index (Phi) is 6.38. The summed E-state index contributed by atoms with van der Waals surface area (Å²) in [5, 5.41) is 20.7. The number of benzene rings is 2. The summed E-state index contributed by atoms with van der Waals surface area (Å²) in [7, 11) is 0. The van der Waals surface area contributed by atoms with Crippen molar-refractivity contribution in [2.75, 3.05) is 13.1 Å². The number of piperidine rings is 1. The number of aliphatic carboxylic acids is 1. The van der Waals surface area contributed by atoms with Crippen molar-refractivity contribution in [3.8, 4) is 0 Å². The van der Waals surface area contributed by atoms with Crippen LogP contribution in [0.15, 0.2) is 54.6 Å². The number of β-amino-alcohol motifs (C(OH)–C–C–N with tert-alkyl or cyclic N) is 1. The van der Waals surface area contributed by atoms with Gasteiger partial charge in [-0.05, 0) is 48.4 Å². The van der Waals surface area contributed by atoms with Crippen LogP contribution in [0.4, 0.5) is 0 Å². The Morgan fingerprint density at radius 3 is 2.28 bits per heavy atom. The van der Waals surface area contributed by atoms with Gasteiger partial charge >= 0.3 is 5.97 Å². The quantitative estimate of drug-likeness (QED) is 0.786. The molecule has 0 spiro atoms. The van der Waals surface area contributed by atoms with Gasteiger partial charge in [-0.25, -0.2) is 0 Å². The van der Waals surface area contributed by atoms with Crippen LogP contribution in [0.5, 0.6) is 0 Å². The lowest BCUT2D eigenvalue weighted by molar-refractivity contribution is -0.161. The molecule has 0 unspecified atom stereocenters. The molecule has 0 aromatic heterocycles. The highest BCUT2D eigenvalue weighted by atomic mass is 16.4. The van der Waals surface area contributed by atoms with Gasteiger partial charge in [0, 0.05) is 18.7 Å². The van der Waals surface area contributed by atoms with Crippen LogP contribution in [0, 0.1) is 11.3 Å². The molecule has 1 aliphatic rings. The van der Waals surface area contributed by atoms with Crippen molar-refractivity contribution in [2.24, 2.45) is 11.3 Å². The zero-order valence-electron chi connectivity index (χ0n) is 17.0. The van der Waals surface area contributed by atoms with Gasteiger partial charge in [-0.1, -0.05) is 56.3 Å². The van der Waals surface area contributed by atoms with Crippen LogP contribution in [0.2, 0.25) is 0 Å². The summed E-state index contributed by atoms with van der Waals surface area (Å²) in [6.07, 6.45) is 0.293. The molecule has 1 aliphatic heterocycles. The molecule has 1 fully saturated rings. The molecule has 1 amide bonds. The van der Waals surface area contributed by atoms with Gasteiger partial charge in [0.25, 0.3) is 5.91 Å². The van der Waals surface area contributed by atoms with Crippen LogP contribution < -0.4 is 0 Å². The van der Waals surface area contributed by atoms with E-state index in [-0.39, 0.29) is 25.3 Å². The van der Waals surface area contributed by atoms with Crippen molar-refractivity contribution in [3.05, 3.63) is 71.3 Å². The smallest absolute Gasteiger partial charge is 0.312 e. The molecular formula is C24H29NO4. The first-order valence-electron chi connectivity index (χ1n) is 10.2. The summed E-state index contributed by atoms with van der Waals surface area (Å²) in [6.45, 7) is 4.63. The number of likely N-dealkylation sites (tertiary alicyclic amines) is 1. The minimum Gasteiger partial charge on any atom is -0.481 e. The second kappa shape index (κ2) is 8.78. The molecule has 0 saturated carbocycles. The summed E-state index contributed by atoms with van der Waals surface area (Å²) in [5.41, 5.74) is 1.34. The van der Waals surface area contributed by atoms with Gasteiger partial charge in [0.15, 0.2) is 0 Å². The Labute approximate surface area is 172 Å². The number of carbonyl (C=O) groups excluding carboxylic acids is 1. The lowest BCUT2D eigenvalue weighted by atomic mass is 9.71. The summed E-state index contributed by atoms with van der Waals surface area (Å²) in [5.74, 6) is -0.639. The van der Waals surface area contributed by atoms with Crippen LogP contribution >= 0.6 is 0 Å². The predicted octanol–water partition coefficient (Wildman–Crippen LogP) is 3.41. The second-order valence-corrected chi connectivity index (χ2v) is 8.44. The lowest BCUT2D eigenvalue weighted by Gasteiger charge is -2.43. The molecule has 0 bridgehead atoms. The number of carbonyl (C=O) groups is 2. The van der Waals surface area contributed by atoms with Gasteiger partial charge in [0.1, 0.15) is 5.41 Å². The van der Waals surface area contributed by atoms with E-state index in [4.69, 9.17) is 0 Å². The standard InChI is InChI=1S/C24H29NO4/c1-17(2)14-18-8-10-20(11-9-18)22(27)25-13-12-24(23(28)29,21(26)16-25)15-19-6-4-3-5-7-19/h3-11,17,21,26H,12-16H2,1-2H3,(H,28,29)/t21-,24-/m1/s1. The van der Waals surface area contributed by atoms with Crippen LogP contribution in [0.25, 0.3) is 0 Å². The Balaban J connectivity index is 1.72. The monoisotopic (exact) mass is 395 g/mol. The highest BCUT2D eigenvalue weighted by molar-refractivity contribution is 5.94. The largest absolute Gasteiger partial charge is 0.481 e. The minimum absolute atomic E-state index is 0.0196. The molecule has 2 aromatic carbocycles. The maximum Gasteiger partial charge on any atom is 0.312 e. The van der Waals surface area contributed by atoms with E-state index in [1.165, 1.54) is 5.56 Å². The number of aliphatic hydroxyl groups excluding tert-OH is 1. The Morgan fingerprint density at radius 1 is 1.07 bits per heavy atom. The van der Waals surface area contributed by atoms with Gasteiger partial charge in [0.05, 0.1) is 6.10 Å². The van der Waals surface area contributed by atoms with E-state index < -0.39 is 17.5 Å². The summed E-state index contributed by atoms with van der Waals surface area (Å²) >= 11 is 0. The van der Waals surface area contributed by atoms with E-state index in [1.54, 1.807) is 4.90 Å². The van der Waals surface area contributed by atoms with Crippen molar-refractivity contribution >= 4 is 11.9 Å². The first kappa shape index (κ1) is 21.1.